The quantitative estimate of drug-likeness (QED) is 0.775. The highest BCUT2D eigenvalue weighted by molar-refractivity contribution is 6.05. The lowest BCUT2D eigenvalue weighted by Gasteiger charge is -2.27. The third kappa shape index (κ3) is 2.36. The summed E-state index contributed by atoms with van der Waals surface area (Å²) in [5.74, 6) is 0.986. The van der Waals surface area contributed by atoms with Crippen LogP contribution in [0, 0.1) is 0 Å². The summed E-state index contributed by atoms with van der Waals surface area (Å²) in [7, 11) is 0. The van der Waals surface area contributed by atoms with Gasteiger partial charge in [0.2, 0.25) is 5.95 Å². The Balaban J connectivity index is 1.75. The molecule has 0 aliphatic carbocycles. The van der Waals surface area contributed by atoms with Crippen molar-refractivity contribution in [3.05, 3.63) is 72.1 Å². The van der Waals surface area contributed by atoms with E-state index < -0.39 is 6.04 Å². The fourth-order valence-corrected chi connectivity index (χ4v) is 2.81. The van der Waals surface area contributed by atoms with Crippen LogP contribution in [0.2, 0.25) is 0 Å². The van der Waals surface area contributed by atoms with E-state index in [9.17, 15) is 4.79 Å². The smallest absolute Gasteiger partial charge is 0.256 e. The molecule has 1 amide bonds. The molecule has 1 aliphatic rings. The van der Waals surface area contributed by atoms with Crippen molar-refractivity contribution in [1.29, 1.82) is 0 Å². The Bertz CT molecular complexity index is 896. The van der Waals surface area contributed by atoms with Crippen molar-refractivity contribution in [1.82, 2.24) is 14.8 Å². The number of furan rings is 1. The molecule has 0 spiro atoms. The normalized spacial score (nSPS) is 16.5. The van der Waals surface area contributed by atoms with Crippen LogP contribution in [0.15, 0.2) is 70.7 Å². The molecule has 4 rings (SSSR count). The largest absolute Gasteiger partial charge is 0.467 e. The molecule has 1 aliphatic heterocycles. The van der Waals surface area contributed by atoms with E-state index in [1.54, 1.807) is 17.0 Å². The highest BCUT2D eigenvalue weighted by Gasteiger charge is 2.35. The molecule has 0 saturated heterocycles. The van der Waals surface area contributed by atoms with Gasteiger partial charge in [0, 0.05) is 11.4 Å². The van der Waals surface area contributed by atoms with Crippen LogP contribution < -0.4 is 10.6 Å². The average molecular weight is 321 g/mol. The van der Waals surface area contributed by atoms with E-state index in [2.05, 4.69) is 20.7 Å². The molecule has 7 nitrogen and oxygen atoms in total. The molecule has 1 aromatic carbocycles. The Morgan fingerprint density at radius 2 is 2.08 bits per heavy atom. The molecule has 2 aromatic heterocycles. The lowest BCUT2D eigenvalue weighted by atomic mass is 10.00. The minimum Gasteiger partial charge on any atom is -0.467 e. The lowest BCUT2D eigenvalue weighted by molar-refractivity contribution is -0.113. The summed E-state index contributed by atoms with van der Waals surface area (Å²) in [4.78, 5) is 17.1. The Morgan fingerprint density at radius 3 is 2.83 bits per heavy atom. The first-order valence-corrected chi connectivity index (χ1v) is 7.51. The SMILES string of the molecule is CC1=C(C(=O)Nc2ccccc2)[C@@H](c2ccco2)n2ncnc2N1. The molecule has 0 radical (unpaired) electrons. The molecular formula is C17H15N5O2. The van der Waals surface area contributed by atoms with Gasteiger partial charge in [0.15, 0.2) is 0 Å². The molecule has 2 N–H and O–H groups in total. The Hall–Kier alpha value is -3.35. The lowest BCUT2D eigenvalue weighted by Crippen LogP contribution is -2.31. The minimum atomic E-state index is -0.470. The first kappa shape index (κ1) is 14.3. The number of nitrogens with one attached hydrogen (secondary N) is 2. The molecule has 24 heavy (non-hydrogen) atoms. The second-order valence-corrected chi connectivity index (χ2v) is 5.43. The van der Waals surface area contributed by atoms with Crippen LogP contribution in [-0.4, -0.2) is 20.7 Å². The number of amides is 1. The number of hydrogen-bond donors (Lipinski definition) is 2. The van der Waals surface area contributed by atoms with Crippen molar-refractivity contribution in [2.45, 2.75) is 13.0 Å². The van der Waals surface area contributed by atoms with E-state index in [0.717, 1.165) is 5.69 Å². The van der Waals surface area contributed by atoms with Gasteiger partial charge in [-0.3, -0.25) is 4.79 Å². The van der Waals surface area contributed by atoms with Gasteiger partial charge in [0.1, 0.15) is 18.1 Å². The monoisotopic (exact) mass is 321 g/mol. The van der Waals surface area contributed by atoms with Gasteiger partial charge < -0.3 is 15.1 Å². The molecule has 7 heteroatoms. The summed E-state index contributed by atoms with van der Waals surface area (Å²) in [5.41, 5.74) is 1.97. The van der Waals surface area contributed by atoms with Gasteiger partial charge in [0.25, 0.3) is 5.91 Å². The summed E-state index contributed by atoms with van der Waals surface area (Å²) in [6.45, 7) is 1.84. The van der Waals surface area contributed by atoms with Crippen molar-refractivity contribution in [3.8, 4) is 0 Å². The van der Waals surface area contributed by atoms with Crippen LogP contribution in [0.5, 0.6) is 0 Å². The molecule has 3 heterocycles. The highest BCUT2D eigenvalue weighted by atomic mass is 16.3. The zero-order valence-corrected chi connectivity index (χ0v) is 12.9. The maximum Gasteiger partial charge on any atom is 0.256 e. The standard InChI is InChI=1S/C17H15N5O2/c1-11-14(16(23)21-12-6-3-2-4-7-12)15(13-8-5-9-24-13)22-17(20-11)18-10-19-22/h2-10,15H,1H3,(H,21,23)(H,18,19,20)/t15-/m1/s1. The number of fused-ring (bicyclic) bond motifs is 1. The topological polar surface area (TPSA) is 85.0 Å². The van der Waals surface area contributed by atoms with Gasteiger partial charge in [-0.1, -0.05) is 18.2 Å². The summed E-state index contributed by atoms with van der Waals surface area (Å²) in [6, 6.07) is 12.5. The maximum atomic E-state index is 12.9. The number of anilines is 2. The first-order valence-electron chi connectivity index (χ1n) is 7.51. The number of hydrogen-bond acceptors (Lipinski definition) is 5. The van der Waals surface area contributed by atoms with E-state index in [1.165, 1.54) is 6.33 Å². The summed E-state index contributed by atoms with van der Waals surface area (Å²) in [5, 5.41) is 10.3. The third-order valence-electron chi connectivity index (χ3n) is 3.88. The zero-order chi connectivity index (χ0) is 16.5. The zero-order valence-electron chi connectivity index (χ0n) is 12.9. The summed E-state index contributed by atoms with van der Waals surface area (Å²) >= 11 is 0. The van der Waals surface area contributed by atoms with Crippen molar-refractivity contribution in [2.24, 2.45) is 0 Å². The number of aromatic nitrogens is 3. The van der Waals surface area contributed by atoms with Crippen molar-refractivity contribution < 1.29 is 9.21 Å². The third-order valence-corrected chi connectivity index (χ3v) is 3.88. The fourth-order valence-electron chi connectivity index (χ4n) is 2.81. The Kier molecular flexibility index (Phi) is 3.38. The van der Waals surface area contributed by atoms with Crippen LogP contribution in [-0.2, 0) is 4.79 Å². The molecule has 0 bridgehead atoms. The molecule has 0 saturated carbocycles. The van der Waals surface area contributed by atoms with E-state index in [0.29, 0.717) is 23.0 Å². The predicted octanol–water partition coefficient (Wildman–Crippen LogP) is 2.80. The van der Waals surface area contributed by atoms with E-state index in [4.69, 9.17) is 4.42 Å². The molecule has 1 atom stereocenters. The van der Waals surface area contributed by atoms with Gasteiger partial charge >= 0.3 is 0 Å². The summed E-state index contributed by atoms with van der Waals surface area (Å²) in [6.07, 6.45) is 3.03. The van der Waals surface area contributed by atoms with E-state index in [-0.39, 0.29) is 5.91 Å². The molecule has 120 valence electrons. The van der Waals surface area contributed by atoms with Crippen LogP contribution >= 0.6 is 0 Å². The van der Waals surface area contributed by atoms with E-state index in [1.807, 2.05) is 43.3 Å². The number of rotatable bonds is 3. The first-order chi connectivity index (χ1) is 11.7. The van der Waals surface area contributed by atoms with Crippen LogP contribution in [0.4, 0.5) is 11.6 Å². The van der Waals surface area contributed by atoms with Crippen LogP contribution in [0.1, 0.15) is 18.7 Å². The minimum absolute atomic E-state index is 0.214. The Labute approximate surface area is 138 Å². The van der Waals surface area contributed by atoms with Crippen molar-refractivity contribution >= 4 is 17.5 Å². The van der Waals surface area contributed by atoms with Crippen molar-refractivity contribution in [2.75, 3.05) is 10.6 Å². The number of carbonyl (C=O) groups excluding carboxylic acids is 1. The number of benzene rings is 1. The Morgan fingerprint density at radius 1 is 1.25 bits per heavy atom. The number of para-hydroxylation sites is 1. The van der Waals surface area contributed by atoms with Crippen LogP contribution in [0.25, 0.3) is 0 Å². The average Bonchev–Trinajstić information content (AvgIpc) is 3.25. The molecular weight excluding hydrogens is 306 g/mol. The number of allylic oxidation sites excluding steroid dienone is 1. The molecule has 0 unspecified atom stereocenters. The maximum absolute atomic E-state index is 12.9. The van der Waals surface area contributed by atoms with Gasteiger partial charge in [-0.25, -0.2) is 4.68 Å². The van der Waals surface area contributed by atoms with Gasteiger partial charge in [-0.15, -0.1) is 0 Å². The number of carbonyl (C=O) groups is 1. The molecule has 0 fully saturated rings. The van der Waals surface area contributed by atoms with Gasteiger partial charge in [0.05, 0.1) is 11.8 Å². The van der Waals surface area contributed by atoms with E-state index >= 15 is 0 Å². The predicted molar refractivity (Wildman–Crippen MR) is 88.3 cm³/mol. The highest BCUT2D eigenvalue weighted by Crippen LogP contribution is 2.35. The van der Waals surface area contributed by atoms with Crippen LogP contribution in [0.3, 0.4) is 0 Å². The fraction of sp³-hybridized carbons (Fsp3) is 0.118. The summed E-state index contributed by atoms with van der Waals surface area (Å²) < 4.78 is 7.19. The second kappa shape index (κ2) is 5.69. The van der Waals surface area contributed by atoms with Crippen molar-refractivity contribution in [3.63, 3.8) is 0 Å². The second-order valence-electron chi connectivity index (χ2n) is 5.43. The van der Waals surface area contributed by atoms with Gasteiger partial charge in [-0.2, -0.15) is 10.1 Å². The van der Waals surface area contributed by atoms with Gasteiger partial charge in [-0.05, 0) is 31.2 Å². The number of nitrogens with zero attached hydrogens (tertiary/aromatic N) is 3. The molecule has 3 aromatic rings.